The zero-order chi connectivity index (χ0) is 8.53. The third kappa shape index (κ3) is 29.4. The number of hydrogen-bond acceptors (Lipinski definition) is 1. The van der Waals surface area contributed by atoms with Gasteiger partial charge in [0.2, 0.25) is 0 Å². The molecule has 0 radical (unpaired) electrons. The fourth-order valence-electron chi connectivity index (χ4n) is 0.428. The molecule has 0 bridgehead atoms. The van der Waals surface area contributed by atoms with Gasteiger partial charge in [0.25, 0.3) is 0 Å². The summed E-state index contributed by atoms with van der Waals surface area (Å²) in [4.78, 5) is 0. The quantitative estimate of drug-likeness (QED) is 0.578. The number of halogens is 4. The Hall–Kier alpha value is 0.868. The molecule has 0 unspecified atom stereocenters. The standard InChI is InChI=1S/C6H6O.C4H9.4ClH.W/c7-6-4-2-1-3-5-6;1-3-4-2;;;;;/h1-5,7H;1,3-4H2,2H3;4*1H;/q;-1;;;;;. The van der Waals surface area contributed by atoms with E-state index in [0.29, 0.717) is 5.75 Å². The van der Waals surface area contributed by atoms with Gasteiger partial charge in [0, 0.05) is 21.1 Å². The van der Waals surface area contributed by atoms with Gasteiger partial charge in [-0.1, -0.05) is 31.5 Å². The van der Waals surface area contributed by atoms with Crippen molar-refractivity contribution in [2.24, 2.45) is 0 Å². The summed E-state index contributed by atoms with van der Waals surface area (Å²) in [5.41, 5.74) is 0. The maximum Gasteiger partial charge on any atom is 0.115 e. The van der Waals surface area contributed by atoms with E-state index in [1.54, 1.807) is 24.3 Å². The van der Waals surface area contributed by atoms with Crippen LogP contribution in [0.25, 0.3) is 0 Å². The minimum Gasteiger partial charge on any atom is -0.508 e. The van der Waals surface area contributed by atoms with Crippen molar-refractivity contribution in [2.75, 3.05) is 0 Å². The normalized spacial score (nSPS) is 5.62. The minimum atomic E-state index is 0. The van der Waals surface area contributed by atoms with Crippen LogP contribution in [0, 0.1) is 6.92 Å². The first kappa shape index (κ1) is 36.0. The van der Waals surface area contributed by atoms with Gasteiger partial charge in [-0.25, -0.2) is 0 Å². The summed E-state index contributed by atoms with van der Waals surface area (Å²) >= 11 is 0. The molecule has 0 amide bonds. The van der Waals surface area contributed by atoms with Gasteiger partial charge in [0.1, 0.15) is 5.75 Å². The van der Waals surface area contributed by atoms with Crippen molar-refractivity contribution in [1.82, 2.24) is 0 Å². The Labute approximate surface area is 138 Å². The number of aromatic hydroxyl groups is 1. The van der Waals surface area contributed by atoms with Crippen molar-refractivity contribution < 1.29 is 26.2 Å². The molecule has 0 atom stereocenters. The van der Waals surface area contributed by atoms with E-state index in [1.165, 1.54) is 6.42 Å². The fraction of sp³-hybridized carbons (Fsp3) is 0.300. The molecule has 1 nitrogen and oxygen atoms in total. The Morgan fingerprint density at radius 3 is 1.44 bits per heavy atom. The average molecular weight is 481 g/mol. The first-order chi connectivity index (χ1) is 5.31. The largest absolute Gasteiger partial charge is 0.508 e. The SMILES string of the molecule is Cl.Cl.Cl.Cl.Oc1ccccc1.[CH2-]CCC.[W]. The number of benzene rings is 1. The van der Waals surface area contributed by atoms with Crippen LogP contribution in [0.5, 0.6) is 5.75 Å². The molecule has 0 aliphatic rings. The van der Waals surface area contributed by atoms with Crippen molar-refractivity contribution >= 4 is 49.6 Å². The molecular weight excluding hydrogens is 462 g/mol. The number of rotatable bonds is 1. The second-order valence-electron chi connectivity index (χ2n) is 2.19. The monoisotopic (exact) mass is 479 g/mol. The molecule has 0 fully saturated rings. The van der Waals surface area contributed by atoms with E-state index in [9.17, 15) is 0 Å². The van der Waals surface area contributed by atoms with E-state index in [-0.39, 0.29) is 70.7 Å². The van der Waals surface area contributed by atoms with Gasteiger partial charge in [-0.3, -0.25) is 0 Å². The first-order valence-corrected chi connectivity index (χ1v) is 3.84. The van der Waals surface area contributed by atoms with Crippen molar-refractivity contribution in [3.8, 4) is 5.75 Å². The van der Waals surface area contributed by atoms with Crippen LogP contribution in [-0.2, 0) is 21.1 Å². The van der Waals surface area contributed by atoms with Crippen molar-refractivity contribution in [3.63, 3.8) is 0 Å². The van der Waals surface area contributed by atoms with Crippen LogP contribution in [0.1, 0.15) is 19.8 Å². The molecule has 6 heteroatoms. The number of hydrogen-bond donors (Lipinski definition) is 1. The van der Waals surface area contributed by atoms with Crippen LogP contribution in [0.2, 0.25) is 0 Å². The molecule has 0 aliphatic heterocycles. The minimum absolute atomic E-state index is 0. The van der Waals surface area contributed by atoms with Crippen LogP contribution in [0.3, 0.4) is 0 Å². The maximum absolute atomic E-state index is 8.63. The fourth-order valence-corrected chi connectivity index (χ4v) is 0.428. The van der Waals surface area contributed by atoms with E-state index in [1.807, 2.05) is 6.07 Å². The van der Waals surface area contributed by atoms with E-state index in [2.05, 4.69) is 13.8 Å². The summed E-state index contributed by atoms with van der Waals surface area (Å²) in [7, 11) is 0. The van der Waals surface area contributed by atoms with Gasteiger partial charge in [-0.15, -0.1) is 49.6 Å². The first-order valence-electron chi connectivity index (χ1n) is 3.84. The molecule has 1 rings (SSSR count). The molecule has 0 aromatic heterocycles. The Morgan fingerprint density at radius 2 is 1.31 bits per heavy atom. The third-order valence-corrected chi connectivity index (χ3v) is 1.11. The average Bonchev–Trinajstić information content (AvgIpc) is 2.07. The Bertz CT molecular complexity index is 174. The molecule has 1 aromatic rings. The van der Waals surface area contributed by atoms with Crippen molar-refractivity contribution in [1.29, 1.82) is 0 Å². The Kier molecular flexibility index (Phi) is 66.7. The number of phenols is 1. The van der Waals surface area contributed by atoms with Gasteiger partial charge in [-0.2, -0.15) is 6.42 Å². The third-order valence-electron chi connectivity index (χ3n) is 1.11. The number of phenolic OH excluding ortho intramolecular Hbond substituents is 1. The van der Waals surface area contributed by atoms with Gasteiger partial charge >= 0.3 is 0 Å². The van der Waals surface area contributed by atoms with Crippen LogP contribution >= 0.6 is 49.6 Å². The molecular formula is C10H19Cl4OW-. The van der Waals surface area contributed by atoms with Crippen molar-refractivity contribution in [3.05, 3.63) is 37.3 Å². The molecule has 0 heterocycles. The summed E-state index contributed by atoms with van der Waals surface area (Å²) < 4.78 is 0. The van der Waals surface area contributed by atoms with Gasteiger partial charge in [0.05, 0.1) is 0 Å². The molecule has 0 aliphatic carbocycles. The van der Waals surface area contributed by atoms with Gasteiger partial charge < -0.3 is 12.0 Å². The molecule has 0 spiro atoms. The predicted molar refractivity (Wildman–Crippen MR) is 77.4 cm³/mol. The summed E-state index contributed by atoms with van der Waals surface area (Å²) in [6.07, 6.45) is 2.28. The number of para-hydroxylation sites is 1. The molecule has 0 saturated heterocycles. The summed E-state index contributed by atoms with van der Waals surface area (Å²) in [6.45, 7) is 5.72. The van der Waals surface area contributed by atoms with Gasteiger partial charge in [-0.05, 0) is 12.1 Å². The molecule has 16 heavy (non-hydrogen) atoms. The van der Waals surface area contributed by atoms with E-state index < -0.39 is 0 Å². The Morgan fingerprint density at radius 1 is 1.00 bits per heavy atom. The topological polar surface area (TPSA) is 20.2 Å². The van der Waals surface area contributed by atoms with E-state index in [4.69, 9.17) is 5.11 Å². The molecule has 1 N–H and O–H groups in total. The maximum atomic E-state index is 8.63. The summed E-state index contributed by atoms with van der Waals surface area (Å²) in [5.74, 6) is 0.322. The summed E-state index contributed by atoms with van der Waals surface area (Å²) in [5, 5.41) is 8.63. The zero-order valence-corrected chi connectivity index (χ0v) is 15.2. The number of unbranched alkanes of at least 4 members (excludes halogenated alkanes) is 1. The van der Waals surface area contributed by atoms with Gasteiger partial charge in [0.15, 0.2) is 0 Å². The van der Waals surface area contributed by atoms with Crippen LogP contribution in [0.4, 0.5) is 0 Å². The predicted octanol–water partition coefficient (Wildman–Crippen LogP) is 4.70. The molecule has 100 valence electrons. The van der Waals surface area contributed by atoms with Crippen LogP contribution in [0.15, 0.2) is 30.3 Å². The van der Waals surface area contributed by atoms with E-state index in [0.717, 1.165) is 6.42 Å². The second-order valence-corrected chi connectivity index (χ2v) is 2.19. The molecule has 1 aromatic carbocycles. The smallest absolute Gasteiger partial charge is 0.115 e. The molecule has 0 saturated carbocycles. The summed E-state index contributed by atoms with van der Waals surface area (Å²) in [6, 6.07) is 8.71. The Balaban J connectivity index is -0.0000000257. The van der Waals surface area contributed by atoms with E-state index >= 15 is 0 Å². The van der Waals surface area contributed by atoms with Crippen LogP contribution < -0.4 is 0 Å². The second kappa shape index (κ2) is 29.7. The zero-order valence-electron chi connectivity index (χ0n) is 9.00. The van der Waals surface area contributed by atoms with Crippen molar-refractivity contribution in [2.45, 2.75) is 19.8 Å². The van der Waals surface area contributed by atoms with Crippen LogP contribution in [-0.4, -0.2) is 5.11 Å².